The van der Waals surface area contributed by atoms with Gasteiger partial charge in [0.15, 0.2) is 0 Å². The highest BCUT2D eigenvalue weighted by atomic mass is 35.5. The second kappa shape index (κ2) is 9.17. The lowest BCUT2D eigenvalue weighted by atomic mass is 10.2. The quantitative estimate of drug-likeness (QED) is 0.694. The fraction of sp³-hybridized carbons (Fsp3) is 0.300. The van der Waals surface area contributed by atoms with Crippen molar-refractivity contribution in [2.75, 3.05) is 25.5 Å². The normalized spacial score (nSPS) is 13.0. The Morgan fingerprint density at radius 2 is 1.96 bits per heavy atom. The molecular weight excluding hydrogens is 401 g/mol. The smallest absolute Gasteiger partial charge is 0.321 e. The molecule has 1 aliphatic rings. The van der Waals surface area contributed by atoms with Crippen LogP contribution < -0.4 is 15.4 Å². The van der Waals surface area contributed by atoms with Crippen molar-refractivity contribution in [3.8, 4) is 5.75 Å². The molecule has 3 rings (SSSR count). The molecule has 0 bridgehead atoms. The van der Waals surface area contributed by atoms with E-state index in [4.69, 9.17) is 27.9 Å². The predicted octanol–water partition coefficient (Wildman–Crippen LogP) is 4.43. The van der Waals surface area contributed by atoms with Crippen molar-refractivity contribution in [1.82, 2.24) is 10.2 Å². The monoisotopic (exact) mass is 421 g/mol. The van der Waals surface area contributed by atoms with Crippen molar-refractivity contribution in [3.63, 3.8) is 0 Å². The fourth-order valence-electron chi connectivity index (χ4n) is 2.45. The van der Waals surface area contributed by atoms with Gasteiger partial charge in [-0.3, -0.25) is 4.79 Å². The maximum Gasteiger partial charge on any atom is 0.321 e. The van der Waals surface area contributed by atoms with Gasteiger partial charge >= 0.3 is 6.03 Å². The van der Waals surface area contributed by atoms with Gasteiger partial charge in [0.2, 0.25) is 0 Å². The summed E-state index contributed by atoms with van der Waals surface area (Å²) in [7, 11) is 1.66. The summed E-state index contributed by atoms with van der Waals surface area (Å²) in [6.07, 6.45) is 1.98. The number of nitrogens with zero attached hydrogens (tertiary/aromatic N) is 1. The number of rotatable bonds is 7. The van der Waals surface area contributed by atoms with Gasteiger partial charge in [-0.2, -0.15) is 0 Å². The van der Waals surface area contributed by atoms with Crippen LogP contribution in [0.15, 0.2) is 42.5 Å². The second-order valence-electron chi connectivity index (χ2n) is 6.60. The lowest BCUT2D eigenvalue weighted by Gasteiger charge is -2.18. The van der Waals surface area contributed by atoms with Gasteiger partial charge in [0.05, 0.1) is 17.1 Å². The van der Waals surface area contributed by atoms with E-state index in [1.54, 1.807) is 49.5 Å². The molecule has 0 spiro atoms. The predicted molar refractivity (Wildman–Crippen MR) is 111 cm³/mol. The SMILES string of the molecule is CN(CCOc1cccc(Cl)c1)C(=O)Nc1ccc(Cl)c(C(=O)NC2CC2)c1. The molecule has 2 aromatic carbocycles. The molecule has 1 aliphatic carbocycles. The highest BCUT2D eigenvalue weighted by Crippen LogP contribution is 2.24. The van der Waals surface area contributed by atoms with E-state index >= 15 is 0 Å². The van der Waals surface area contributed by atoms with Crippen LogP contribution in [0, 0.1) is 0 Å². The number of hydrogen-bond donors (Lipinski definition) is 2. The van der Waals surface area contributed by atoms with E-state index in [0.717, 1.165) is 12.8 Å². The zero-order valence-corrected chi connectivity index (χ0v) is 16.9. The van der Waals surface area contributed by atoms with Gasteiger partial charge in [-0.15, -0.1) is 0 Å². The van der Waals surface area contributed by atoms with E-state index in [2.05, 4.69) is 10.6 Å². The highest BCUT2D eigenvalue weighted by molar-refractivity contribution is 6.34. The maximum atomic E-state index is 12.4. The third-order valence-electron chi connectivity index (χ3n) is 4.21. The van der Waals surface area contributed by atoms with E-state index < -0.39 is 0 Å². The van der Waals surface area contributed by atoms with Crippen molar-refractivity contribution in [2.24, 2.45) is 0 Å². The second-order valence-corrected chi connectivity index (χ2v) is 7.44. The molecular formula is C20H21Cl2N3O3. The van der Waals surface area contributed by atoms with E-state index in [1.165, 1.54) is 4.90 Å². The lowest BCUT2D eigenvalue weighted by molar-refractivity contribution is 0.0951. The van der Waals surface area contributed by atoms with Gasteiger partial charge in [0, 0.05) is 23.8 Å². The van der Waals surface area contributed by atoms with Gasteiger partial charge in [-0.1, -0.05) is 29.3 Å². The van der Waals surface area contributed by atoms with Crippen LogP contribution in [-0.4, -0.2) is 43.1 Å². The number of likely N-dealkylation sites (N-methyl/N-ethyl adjacent to an activating group) is 1. The summed E-state index contributed by atoms with van der Waals surface area (Å²) in [5.41, 5.74) is 0.844. The van der Waals surface area contributed by atoms with Gasteiger partial charge in [0.25, 0.3) is 5.91 Å². The number of benzene rings is 2. The minimum absolute atomic E-state index is 0.229. The topological polar surface area (TPSA) is 70.7 Å². The summed E-state index contributed by atoms with van der Waals surface area (Å²) in [5, 5.41) is 6.59. The molecule has 0 unspecified atom stereocenters. The zero-order valence-electron chi connectivity index (χ0n) is 15.4. The Kier molecular flexibility index (Phi) is 6.65. The minimum atomic E-state index is -0.314. The number of nitrogens with one attached hydrogen (secondary N) is 2. The van der Waals surface area contributed by atoms with Crippen molar-refractivity contribution < 1.29 is 14.3 Å². The maximum absolute atomic E-state index is 12.4. The van der Waals surface area contributed by atoms with Gasteiger partial charge in [-0.05, 0) is 49.2 Å². The van der Waals surface area contributed by atoms with Crippen LogP contribution in [0.1, 0.15) is 23.2 Å². The first kappa shape index (κ1) is 20.3. The average Bonchev–Trinajstić information content (AvgIpc) is 3.47. The van der Waals surface area contributed by atoms with Crippen LogP contribution in [0.3, 0.4) is 0 Å². The lowest BCUT2D eigenvalue weighted by Crippen LogP contribution is -2.34. The average molecular weight is 422 g/mol. The zero-order chi connectivity index (χ0) is 20.1. The van der Waals surface area contributed by atoms with Crippen LogP contribution in [0.25, 0.3) is 0 Å². The summed E-state index contributed by atoms with van der Waals surface area (Å²) in [4.78, 5) is 26.1. The number of carbonyl (C=O) groups is 2. The number of hydrogen-bond acceptors (Lipinski definition) is 3. The Balaban J connectivity index is 1.52. The molecule has 0 atom stereocenters. The molecule has 2 N–H and O–H groups in total. The van der Waals surface area contributed by atoms with Crippen molar-refractivity contribution >= 4 is 40.8 Å². The first-order valence-electron chi connectivity index (χ1n) is 8.93. The molecule has 0 aromatic heterocycles. The molecule has 1 fully saturated rings. The molecule has 1 saturated carbocycles. The Labute approximate surface area is 173 Å². The number of ether oxygens (including phenoxy) is 1. The molecule has 6 nitrogen and oxygen atoms in total. The largest absolute Gasteiger partial charge is 0.492 e. The molecule has 8 heteroatoms. The Morgan fingerprint density at radius 1 is 1.18 bits per heavy atom. The van der Waals surface area contributed by atoms with Crippen LogP contribution in [0.4, 0.5) is 10.5 Å². The van der Waals surface area contributed by atoms with Gasteiger partial charge < -0.3 is 20.3 Å². The van der Waals surface area contributed by atoms with E-state index in [1.807, 2.05) is 0 Å². The Morgan fingerprint density at radius 3 is 2.68 bits per heavy atom. The van der Waals surface area contributed by atoms with Crippen LogP contribution >= 0.6 is 23.2 Å². The van der Waals surface area contributed by atoms with Gasteiger partial charge in [0.1, 0.15) is 12.4 Å². The van der Waals surface area contributed by atoms with Crippen LogP contribution in [0.2, 0.25) is 10.0 Å². The molecule has 148 valence electrons. The molecule has 0 saturated heterocycles. The summed E-state index contributed by atoms with van der Waals surface area (Å²) in [5.74, 6) is 0.414. The molecule has 0 heterocycles. The minimum Gasteiger partial charge on any atom is -0.492 e. The van der Waals surface area contributed by atoms with E-state index in [0.29, 0.717) is 40.2 Å². The standard InChI is InChI=1S/C20H21Cl2N3O3/c1-25(9-10-28-16-4-2-3-13(21)11-16)20(27)24-15-7-8-18(22)17(12-15)19(26)23-14-5-6-14/h2-4,7-8,11-12,14H,5-6,9-10H2,1H3,(H,23,26)(H,24,27). The number of halogens is 2. The number of anilines is 1. The van der Waals surface area contributed by atoms with E-state index in [-0.39, 0.29) is 18.0 Å². The van der Waals surface area contributed by atoms with Crippen molar-refractivity contribution in [3.05, 3.63) is 58.1 Å². The summed E-state index contributed by atoms with van der Waals surface area (Å²) in [6.45, 7) is 0.695. The number of amides is 3. The Bertz CT molecular complexity index is 872. The van der Waals surface area contributed by atoms with Crippen LogP contribution in [0.5, 0.6) is 5.75 Å². The summed E-state index contributed by atoms with van der Waals surface area (Å²) < 4.78 is 5.59. The number of urea groups is 1. The summed E-state index contributed by atoms with van der Waals surface area (Å²) >= 11 is 12.0. The third kappa shape index (κ3) is 5.78. The highest BCUT2D eigenvalue weighted by Gasteiger charge is 2.25. The molecule has 2 aromatic rings. The van der Waals surface area contributed by atoms with E-state index in [9.17, 15) is 9.59 Å². The number of carbonyl (C=O) groups excluding carboxylic acids is 2. The third-order valence-corrected chi connectivity index (χ3v) is 4.78. The fourth-order valence-corrected chi connectivity index (χ4v) is 2.83. The van der Waals surface area contributed by atoms with Crippen LogP contribution in [-0.2, 0) is 0 Å². The first-order chi connectivity index (χ1) is 13.4. The molecule has 28 heavy (non-hydrogen) atoms. The first-order valence-corrected chi connectivity index (χ1v) is 9.69. The van der Waals surface area contributed by atoms with Gasteiger partial charge in [-0.25, -0.2) is 4.79 Å². The van der Waals surface area contributed by atoms with Crippen molar-refractivity contribution in [2.45, 2.75) is 18.9 Å². The van der Waals surface area contributed by atoms with Crippen molar-refractivity contribution in [1.29, 1.82) is 0 Å². The Hall–Kier alpha value is -2.44. The molecule has 0 radical (unpaired) electrons. The summed E-state index contributed by atoms with van der Waals surface area (Å²) in [6, 6.07) is 11.8. The molecule has 3 amide bonds. The molecule has 0 aliphatic heterocycles.